The van der Waals surface area contributed by atoms with Crippen molar-refractivity contribution in [3.8, 4) is 0 Å². The number of rotatable bonds is 18. The van der Waals surface area contributed by atoms with E-state index in [1.54, 1.807) is 26.8 Å². The number of aliphatic hydroxyl groups is 1. The number of phosphoric ester groups is 1. The van der Waals surface area contributed by atoms with Crippen LogP contribution in [0.5, 0.6) is 0 Å². The zero-order valence-corrected chi connectivity index (χ0v) is 20.2. The second-order valence-corrected chi connectivity index (χ2v) is 10.3. The van der Waals surface area contributed by atoms with Gasteiger partial charge in [0, 0.05) is 0 Å². The lowest BCUT2D eigenvalue weighted by Gasteiger charge is -2.23. The molecule has 0 aromatic rings. The topological polar surface area (TPSA) is 104 Å². The summed E-state index contributed by atoms with van der Waals surface area (Å²) in [5.74, 6) is 0. The quantitative estimate of drug-likeness (QED) is 0.157. The van der Waals surface area contributed by atoms with Crippen LogP contribution in [0, 0.1) is 0 Å². The van der Waals surface area contributed by atoms with Crippen LogP contribution >= 0.6 is 7.82 Å². The summed E-state index contributed by atoms with van der Waals surface area (Å²) in [6.45, 7) is 7.13. The predicted octanol–water partition coefficient (Wildman–Crippen LogP) is 5.15. The van der Waals surface area contributed by atoms with Crippen molar-refractivity contribution < 1.29 is 29.3 Å². The maximum Gasteiger partial charge on any atom is 0.472 e. The third-order valence-electron chi connectivity index (χ3n) is 4.63. The van der Waals surface area contributed by atoms with E-state index in [1.807, 2.05) is 6.08 Å². The van der Waals surface area contributed by atoms with E-state index in [0.717, 1.165) is 12.8 Å². The summed E-state index contributed by atoms with van der Waals surface area (Å²) in [4.78, 5) is 9.66. The van der Waals surface area contributed by atoms with E-state index in [4.69, 9.17) is 9.05 Å². The first-order valence-electron chi connectivity index (χ1n) is 11.4. The molecule has 0 aliphatic heterocycles. The Balaban J connectivity index is 3.72. The van der Waals surface area contributed by atoms with E-state index < -0.39 is 25.6 Å². The minimum atomic E-state index is -4.14. The van der Waals surface area contributed by atoms with Gasteiger partial charge in [-0.3, -0.25) is 9.05 Å². The summed E-state index contributed by atoms with van der Waals surface area (Å²) >= 11 is 0. The van der Waals surface area contributed by atoms with E-state index >= 15 is 0 Å². The smallest absolute Gasteiger partial charge is 0.383 e. The highest BCUT2D eigenvalue weighted by Gasteiger charge is 2.30. The number of quaternary nitrogens is 1. The first-order chi connectivity index (χ1) is 13.6. The summed E-state index contributed by atoms with van der Waals surface area (Å²) in [6.07, 6.45) is 18.2. The van der Waals surface area contributed by atoms with Gasteiger partial charge in [0.05, 0.1) is 5.60 Å². The fourth-order valence-corrected chi connectivity index (χ4v) is 4.10. The van der Waals surface area contributed by atoms with Crippen LogP contribution in [-0.2, 0) is 13.6 Å². The lowest BCUT2D eigenvalue weighted by atomic mass is 10.0. The van der Waals surface area contributed by atoms with Gasteiger partial charge < -0.3 is 15.7 Å². The maximum atomic E-state index is 11.8. The monoisotopic (exact) mass is 436 g/mol. The molecule has 0 heterocycles. The minimum Gasteiger partial charge on any atom is -0.383 e. The van der Waals surface area contributed by atoms with Crippen molar-refractivity contribution in [2.75, 3.05) is 6.61 Å². The number of hydrogen-bond donors (Lipinski definition) is 3. The number of hydrogen-bond acceptors (Lipinski definition) is 4. The Morgan fingerprint density at radius 2 is 1.45 bits per heavy atom. The van der Waals surface area contributed by atoms with Crippen molar-refractivity contribution in [1.82, 2.24) is 0 Å². The lowest BCUT2D eigenvalue weighted by molar-refractivity contribution is -0.437. The molecule has 0 saturated carbocycles. The van der Waals surface area contributed by atoms with E-state index in [1.165, 1.54) is 64.2 Å². The van der Waals surface area contributed by atoms with Crippen molar-refractivity contribution in [2.45, 2.75) is 122 Å². The van der Waals surface area contributed by atoms with Crippen LogP contribution in [-0.4, -0.2) is 34.4 Å². The summed E-state index contributed by atoms with van der Waals surface area (Å²) in [5.41, 5.74) is 3.02. The standard InChI is InChI=1S/C22H46NO5P/c1-5-6-7-8-9-10-11-12-13-14-15-16-17-18-21(24)20(23)19-27-29(25,26)28-22(2,3)4/h17-18,20-21,24H,5-16,19,23H2,1-4H3,(H,25,26)/p+1/b18-17+/t20-,21+/m1/s1. The Bertz CT molecular complexity index is 465. The van der Waals surface area contributed by atoms with Gasteiger partial charge in [0.25, 0.3) is 0 Å². The average molecular weight is 437 g/mol. The molecule has 0 saturated heterocycles. The summed E-state index contributed by atoms with van der Waals surface area (Å²) < 4.78 is 21.8. The van der Waals surface area contributed by atoms with Gasteiger partial charge >= 0.3 is 7.82 Å². The first kappa shape index (κ1) is 28.8. The van der Waals surface area contributed by atoms with Gasteiger partial charge in [0.1, 0.15) is 18.8 Å². The molecule has 29 heavy (non-hydrogen) atoms. The molecule has 174 valence electrons. The predicted molar refractivity (Wildman–Crippen MR) is 120 cm³/mol. The Hall–Kier alpha value is -0.230. The van der Waals surface area contributed by atoms with Crippen LogP contribution in [0.1, 0.15) is 105 Å². The highest BCUT2D eigenvalue weighted by atomic mass is 31.2. The van der Waals surface area contributed by atoms with Crippen molar-refractivity contribution in [3.05, 3.63) is 12.2 Å². The zero-order valence-electron chi connectivity index (χ0n) is 19.3. The summed E-state index contributed by atoms with van der Waals surface area (Å²) in [6, 6.07) is -0.535. The van der Waals surface area contributed by atoms with Crippen LogP contribution in [0.25, 0.3) is 0 Å². The van der Waals surface area contributed by atoms with Gasteiger partial charge in [0.15, 0.2) is 0 Å². The molecular formula is C22H47NO5P+. The molecule has 0 amide bonds. The Labute approximate surface area is 178 Å². The van der Waals surface area contributed by atoms with E-state index in [9.17, 15) is 14.6 Å². The Morgan fingerprint density at radius 1 is 0.966 bits per heavy atom. The molecule has 1 unspecified atom stereocenters. The van der Waals surface area contributed by atoms with Gasteiger partial charge in [0.2, 0.25) is 0 Å². The van der Waals surface area contributed by atoms with Crippen LogP contribution in [0.15, 0.2) is 12.2 Å². The fourth-order valence-electron chi connectivity index (χ4n) is 2.98. The second kappa shape index (κ2) is 16.5. The number of aliphatic hydroxyl groups excluding tert-OH is 1. The Kier molecular flexibility index (Phi) is 16.3. The molecule has 0 radical (unpaired) electrons. The third-order valence-corrected chi connectivity index (χ3v) is 5.89. The molecule has 0 aromatic carbocycles. The van der Waals surface area contributed by atoms with E-state index in [0.29, 0.717) is 0 Å². The molecule has 5 N–H and O–H groups in total. The number of unbranched alkanes of at least 4 members (excludes halogenated alkanes) is 11. The van der Waals surface area contributed by atoms with Crippen LogP contribution in [0.2, 0.25) is 0 Å². The van der Waals surface area contributed by atoms with Gasteiger partial charge in [-0.15, -0.1) is 0 Å². The molecule has 0 aliphatic rings. The number of phosphoric acid groups is 1. The molecule has 3 atom stereocenters. The normalized spacial score (nSPS) is 16.8. The van der Waals surface area contributed by atoms with Crippen molar-refractivity contribution in [3.63, 3.8) is 0 Å². The van der Waals surface area contributed by atoms with Crippen LogP contribution < -0.4 is 5.73 Å². The van der Waals surface area contributed by atoms with Gasteiger partial charge in [-0.2, -0.15) is 0 Å². The van der Waals surface area contributed by atoms with E-state index in [-0.39, 0.29) is 6.61 Å². The fraction of sp³-hybridized carbons (Fsp3) is 0.909. The van der Waals surface area contributed by atoms with Gasteiger partial charge in [-0.1, -0.05) is 83.3 Å². The molecular weight excluding hydrogens is 389 g/mol. The molecule has 0 spiro atoms. The number of allylic oxidation sites excluding steroid dienone is 1. The second-order valence-electron chi connectivity index (χ2n) is 8.97. The van der Waals surface area contributed by atoms with Crippen LogP contribution in [0.3, 0.4) is 0 Å². The van der Waals surface area contributed by atoms with Crippen molar-refractivity contribution in [1.29, 1.82) is 0 Å². The molecule has 0 rings (SSSR count). The molecule has 0 bridgehead atoms. The van der Waals surface area contributed by atoms with E-state index in [2.05, 4.69) is 12.7 Å². The lowest BCUT2D eigenvalue weighted by Crippen LogP contribution is -2.68. The molecule has 0 fully saturated rings. The summed E-state index contributed by atoms with van der Waals surface area (Å²) in [5, 5.41) is 10.1. The molecule has 6 nitrogen and oxygen atoms in total. The molecule has 0 aromatic heterocycles. The van der Waals surface area contributed by atoms with Crippen molar-refractivity contribution >= 4 is 7.82 Å². The highest BCUT2D eigenvalue weighted by Crippen LogP contribution is 2.47. The minimum absolute atomic E-state index is 0.145. The first-order valence-corrected chi connectivity index (χ1v) is 12.9. The highest BCUT2D eigenvalue weighted by molar-refractivity contribution is 7.47. The summed E-state index contributed by atoms with van der Waals surface area (Å²) in [7, 11) is -4.14. The van der Waals surface area contributed by atoms with Crippen LogP contribution in [0.4, 0.5) is 0 Å². The molecule has 0 aliphatic carbocycles. The SMILES string of the molecule is CCCCCCCCCCCCC/C=C/[C@H](O)[C@H]([NH3+])COP(=O)(O)OC(C)(C)C. The zero-order chi connectivity index (χ0) is 22.2. The Morgan fingerprint density at radius 3 is 1.93 bits per heavy atom. The molecule has 7 heteroatoms. The maximum absolute atomic E-state index is 11.8. The largest absolute Gasteiger partial charge is 0.472 e. The van der Waals surface area contributed by atoms with Gasteiger partial charge in [-0.05, 0) is 33.6 Å². The van der Waals surface area contributed by atoms with Gasteiger partial charge in [-0.25, -0.2) is 4.57 Å². The third kappa shape index (κ3) is 19.5. The van der Waals surface area contributed by atoms with Crippen molar-refractivity contribution in [2.24, 2.45) is 0 Å². The average Bonchev–Trinajstić information content (AvgIpc) is 2.61.